The summed E-state index contributed by atoms with van der Waals surface area (Å²) in [6.45, 7) is 1.22. The third kappa shape index (κ3) is 2.06. The van der Waals surface area contributed by atoms with E-state index in [1.807, 2.05) is 0 Å². The van der Waals surface area contributed by atoms with Crippen molar-refractivity contribution in [3.63, 3.8) is 0 Å². The molecule has 0 spiro atoms. The number of carboxylic acid groups (broad SMARTS) is 1. The molecule has 1 rings (SSSR count). The lowest BCUT2D eigenvalue weighted by atomic mass is 9.93. The van der Waals surface area contributed by atoms with Gasteiger partial charge in [0.2, 0.25) is 0 Å². The van der Waals surface area contributed by atoms with Crippen LogP contribution in [0.5, 0.6) is 0 Å². The van der Waals surface area contributed by atoms with Crippen molar-refractivity contribution in [1.29, 1.82) is 0 Å². The van der Waals surface area contributed by atoms with E-state index in [1.165, 1.54) is 6.92 Å². The second-order valence-corrected chi connectivity index (χ2v) is 5.39. The van der Waals surface area contributed by atoms with Crippen LogP contribution < -0.4 is 0 Å². The topological polar surface area (TPSA) is 88.5 Å². The maximum atomic E-state index is 11.0. The molecule has 1 fully saturated rings. The summed E-state index contributed by atoms with van der Waals surface area (Å²) < 4.78 is 22.1. The molecule has 6 heteroatoms. The van der Waals surface area contributed by atoms with E-state index >= 15 is 0 Å². The number of ketones is 1. The highest BCUT2D eigenvalue weighted by atomic mass is 32.2. The van der Waals surface area contributed by atoms with E-state index in [0.717, 1.165) is 0 Å². The summed E-state index contributed by atoms with van der Waals surface area (Å²) in [5.74, 6) is -4.22. The molecule has 13 heavy (non-hydrogen) atoms. The summed E-state index contributed by atoms with van der Waals surface area (Å²) in [6, 6.07) is 0. The highest BCUT2D eigenvalue weighted by Crippen LogP contribution is 2.26. The third-order valence-corrected chi connectivity index (χ3v) is 3.93. The summed E-state index contributed by atoms with van der Waals surface area (Å²) in [4.78, 5) is 21.5. The fraction of sp³-hybridized carbons (Fsp3) is 0.714. The Morgan fingerprint density at radius 1 is 1.23 bits per heavy atom. The first kappa shape index (κ1) is 10.2. The fourth-order valence-electron chi connectivity index (χ4n) is 1.49. The van der Waals surface area contributed by atoms with Crippen LogP contribution in [0.3, 0.4) is 0 Å². The molecule has 0 aliphatic carbocycles. The van der Waals surface area contributed by atoms with Crippen molar-refractivity contribution < 1.29 is 23.1 Å². The Kier molecular flexibility index (Phi) is 2.42. The van der Waals surface area contributed by atoms with Crippen LogP contribution in [0.15, 0.2) is 0 Å². The molecule has 0 aromatic carbocycles. The molecule has 0 amide bonds. The highest BCUT2D eigenvalue weighted by molar-refractivity contribution is 7.91. The predicted molar refractivity (Wildman–Crippen MR) is 44.0 cm³/mol. The maximum Gasteiger partial charge on any atom is 0.308 e. The third-order valence-electron chi connectivity index (χ3n) is 2.19. The van der Waals surface area contributed by atoms with Crippen molar-refractivity contribution in [2.45, 2.75) is 6.92 Å². The van der Waals surface area contributed by atoms with Crippen molar-refractivity contribution in [2.24, 2.45) is 11.8 Å². The fourth-order valence-corrected chi connectivity index (χ4v) is 3.56. The van der Waals surface area contributed by atoms with Gasteiger partial charge < -0.3 is 5.11 Å². The van der Waals surface area contributed by atoms with Gasteiger partial charge >= 0.3 is 5.97 Å². The van der Waals surface area contributed by atoms with Crippen molar-refractivity contribution in [3.8, 4) is 0 Å². The van der Waals surface area contributed by atoms with Gasteiger partial charge in [-0.2, -0.15) is 0 Å². The molecule has 1 aliphatic heterocycles. The molecule has 0 bridgehead atoms. The number of aliphatic carboxylic acids is 1. The highest BCUT2D eigenvalue weighted by Gasteiger charge is 2.44. The maximum absolute atomic E-state index is 11.0. The van der Waals surface area contributed by atoms with Gasteiger partial charge in [0.05, 0.1) is 17.4 Å². The SMILES string of the molecule is CC(=O)C1CS(=O)(=O)CC1C(=O)O. The average Bonchev–Trinajstić information content (AvgIpc) is 2.26. The Labute approximate surface area is 75.7 Å². The molecule has 1 saturated heterocycles. The molecule has 1 aliphatic rings. The Morgan fingerprint density at radius 2 is 1.69 bits per heavy atom. The lowest BCUT2D eigenvalue weighted by Gasteiger charge is -2.08. The first-order valence-corrected chi connectivity index (χ1v) is 5.59. The van der Waals surface area contributed by atoms with Gasteiger partial charge in [0.15, 0.2) is 9.84 Å². The average molecular weight is 206 g/mol. The van der Waals surface area contributed by atoms with Gasteiger partial charge in [-0.25, -0.2) is 8.42 Å². The van der Waals surface area contributed by atoms with Crippen LogP contribution in [0.25, 0.3) is 0 Å². The lowest BCUT2D eigenvalue weighted by Crippen LogP contribution is -2.26. The summed E-state index contributed by atoms with van der Waals surface area (Å²) in [6.07, 6.45) is 0. The number of Topliss-reactive ketones (excluding diaryl/α,β-unsaturated/α-hetero) is 1. The quantitative estimate of drug-likeness (QED) is 0.646. The molecule has 0 saturated carbocycles. The normalized spacial score (nSPS) is 31.5. The van der Waals surface area contributed by atoms with Crippen LogP contribution in [0.1, 0.15) is 6.92 Å². The summed E-state index contributed by atoms with van der Waals surface area (Å²) in [5.41, 5.74) is 0. The minimum Gasteiger partial charge on any atom is -0.481 e. The van der Waals surface area contributed by atoms with E-state index in [0.29, 0.717) is 0 Å². The molecule has 0 radical (unpaired) electrons. The number of hydrogen-bond acceptors (Lipinski definition) is 4. The molecule has 74 valence electrons. The molecular weight excluding hydrogens is 196 g/mol. The van der Waals surface area contributed by atoms with E-state index in [9.17, 15) is 18.0 Å². The van der Waals surface area contributed by atoms with Crippen molar-refractivity contribution in [1.82, 2.24) is 0 Å². The van der Waals surface area contributed by atoms with Gasteiger partial charge in [0, 0.05) is 5.92 Å². The summed E-state index contributed by atoms with van der Waals surface area (Å²) >= 11 is 0. The number of carbonyl (C=O) groups is 2. The number of carbonyl (C=O) groups excluding carboxylic acids is 1. The first-order valence-electron chi connectivity index (χ1n) is 3.77. The molecular formula is C7H10O5S. The van der Waals surface area contributed by atoms with Crippen LogP contribution in [-0.2, 0) is 19.4 Å². The molecule has 1 N–H and O–H groups in total. The van der Waals surface area contributed by atoms with E-state index in [-0.39, 0.29) is 11.5 Å². The summed E-state index contributed by atoms with van der Waals surface area (Å²) in [7, 11) is -3.34. The zero-order valence-electron chi connectivity index (χ0n) is 7.06. The molecule has 0 aromatic heterocycles. The number of carboxylic acids is 1. The minimum atomic E-state index is -3.34. The van der Waals surface area contributed by atoms with Crippen molar-refractivity contribution in [3.05, 3.63) is 0 Å². The summed E-state index contributed by atoms with van der Waals surface area (Å²) in [5, 5.41) is 8.65. The molecule has 0 aromatic rings. The van der Waals surface area contributed by atoms with Crippen LogP contribution >= 0.6 is 0 Å². The number of rotatable bonds is 2. The van der Waals surface area contributed by atoms with Gasteiger partial charge in [-0.1, -0.05) is 0 Å². The van der Waals surface area contributed by atoms with Crippen molar-refractivity contribution in [2.75, 3.05) is 11.5 Å². The zero-order valence-corrected chi connectivity index (χ0v) is 7.87. The number of hydrogen-bond donors (Lipinski definition) is 1. The van der Waals surface area contributed by atoms with Gasteiger partial charge in [-0.15, -0.1) is 0 Å². The number of sulfone groups is 1. The van der Waals surface area contributed by atoms with Gasteiger partial charge in [0.1, 0.15) is 5.78 Å². The van der Waals surface area contributed by atoms with E-state index in [2.05, 4.69) is 0 Å². The van der Waals surface area contributed by atoms with Gasteiger partial charge in [-0.3, -0.25) is 9.59 Å². The van der Waals surface area contributed by atoms with Gasteiger partial charge in [-0.05, 0) is 6.92 Å². The smallest absolute Gasteiger partial charge is 0.308 e. The Morgan fingerprint density at radius 3 is 2.00 bits per heavy atom. The van der Waals surface area contributed by atoms with Crippen LogP contribution in [-0.4, -0.2) is 36.8 Å². The monoisotopic (exact) mass is 206 g/mol. The zero-order chi connectivity index (χ0) is 10.2. The standard InChI is InChI=1S/C7H10O5S/c1-4(8)5-2-13(11,12)3-6(5)7(9)10/h5-6H,2-3H2,1H3,(H,9,10). The largest absolute Gasteiger partial charge is 0.481 e. The molecule has 2 atom stereocenters. The van der Waals surface area contributed by atoms with Crippen LogP contribution in [0.2, 0.25) is 0 Å². The second-order valence-electron chi connectivity index (χ2n) is 3.24. The van der Waals surface area contributed by atoms with E-state index < -0.39 is 33.4 Å². The molecule has 5 nitrogen and oxygen atoms in total. The second kappa shape index (κ2) is 3.10. The van der Waals surface area contributed by atoms with E-state index in [1.54, 1.807) is 0 Å². The Balaban J connectivity index is 2.97. The van der Waals surface area contributed by atoms with E-state index in [4.69, 9.17) is 5.11 Å². The molecule has 1 heterocycles. The van der Waals surface area contributed by atoms with Crippen molar-refractivity contribution >= 4 is 21.6 Å². The molecule has 2 unspecified atom stereocenters. The van der Waals surface area contributed by atoms with Crippen LogP contribution in [0.4, 0.5) is 0 Å². The van der Waals surface area contributed by atoms with Gasteiger partial charge in [0.25, 0.3) is 0 Å². The predicted octanol–water partition coefficient (Wildman–Crippen LogP) is -0.679. The Bertz CT molecular complexity index is 314. The lowest BCUT2D eigenvalue weighted by molar-refractivity contribution is -0.144. The minimum absolute atomic E-state index is 0.320. The van der Waals surface area contributed by atoms with Crippen LogP contribution in [0, 0.1) is 11.8 Å². The Hall–Kier alpha value is -0.910. The first-order chi connectivity index (χ1) is 5.83.